The highest BCUT2D eigenvalue weighted by molar-refractivity contribution is 6.30. The molecule has 1 fully saturated rings. The number of nitrogens with one attached hydrogen (secondary N) is 1. The van der Waals surface area contributed by atoms with E-state index in [1.54, 1.807) is 0 Å². The summed E-state index contributed by atoms with van der Waals surface area (Å²) in [6, 6.07) is 15.1. The Hall–Kier alpha value is -2.04. The second-order valence-corrected chi connectivity index (χ2v) is 7.43. The van der Waals surface area contributed by atoms with Crippen molar-refractivity contribution in [2.45, 2.75) is 38.7 Å². The smallest absolute Gasteiger partial charge is 0.225 e. The zero-order valence-electron chi connectivity index (χ0n) is 15.6. The first-order valence-corrected chi connectivity index (χ1v) is 10.1. The van der Waals surface area contributed by atoms with Crippen molar-refractivity contribution in [3.05, 3.63) is 59.1 Å². The van der Waals surface area contributed by atoms with Crippen LogP contribution in [0.2, 0.25) is 5.02 Å². The van der Waals surface area contributed by atoms with E-state index in [2.05, 4.69) is 10.2 Å². The lowest BCUT2D eigenvalue weighted by atomic mass is 10.2. The number of anilines is 1. The van der Waals surface area contributed by atoms with E-state index in [9.17, 15) is 4.79 Å². The van der Waals surface area contributed by atoms with Crippen LogP contribution in [0.15, 0.2) is 48.5 Å². The molecule has 2 aromatic carbocycles. The summed E-state index contributed by atoms with van der Waals surface area (Å²) in [5, 5.41) is 3.69. The highest BCUT2D eigenvalue weighted by Gasteiger charge is 2.11. The van der Waals surface area contributed by atoms with Gasteiger partial charge in [-0.25, -0.2) is 0 Å². The number of ether oxygens (including phenoxy) is 1. The molecule has 5 heteroatoms. The van der Waals surface area contributed by atoms with Crippen molar-refractivity contribution in [1.29, 1.82) is 0 Å². The number of amides is 1. The number of carbonyl (C=O) groups is 1. The lowest BCUT2D eigenvalue weighted by Gasteiger charge is -2.19. The maximum Gasteiger partial charge on any atom is 0.225 e. The zero-order chi connectivity index (χ0) is 18.9. The van der Waals surface area contributed by atoms with Crippen molar-refractivity contribution < 1.29 is 9.53 Å². The molecule has 0 aliphatic carbocycles. The largest absolute Gasteiger partial charge is 0.489 e. The molecular weight excluding hydrogens is 360 g/mol. The summed E-state index contributed by atoms with van der Waals surface area (Å²) in [6.07, 6.45) is 5.66. The number of hydrogen-bond acceptors (Lipinski definition) is 3. The summed E-state index contributed by atoms with van der Waals surface area (Å²) < 4.78 is 5.77. The highest BCUT2D eigenvalue weighted by atomic mass is 35.5. The van der Waals surface area contributed by atoms with E-state index in [1.165, 1.54) is 25.7 Å². The van der Waals surface area contributed by atoms with Gasteiger partial charge in [-0.15, -0.1) is 0 Å². The van der Waals surface area contributed by atoms with E-state index in [1.807, 2.05) is 48.5 Å². The third-order valence-electron chi connectivity index (χ3n) is 4.81. The van der Waals surface area contributed by atoms with Gasteiger partial charge in [0.15, 0.2) is 0 Å². The fraction of sp³-hybridized carbons (Fsp3) is 0.409. The average molecular weight is 387 g/mol. The molecule has 1 aliphatic heterocycles. The minimum Gasteiger partial charge on any atom is -0.489 e. The molecule has 0 aromatic heterocycles. The molecule has 1 aliphatic rings. The highest BCUT2D eigenvalue weighted by Crippen LogP contribution is 2.18. The van der Waals surface area contributed by atoms with Gasteiger partial charge in [0.25, 0.3) is 0 Å². The number of carbonyl (C=O) groups excluding carboxylic acids is 1. The first-order chi connectivity index (χ1) is 13.2. The number of benzene rings is 2. The molecule has 1 N–H and O–H groups in total. The van der Waals surface area contributed by atoms with Gasteiger partial charge in [-0.3, -0.25) is 4.79 Å². The molecule has 1 saturated heterocycles. The Bertz CT molecular complexity index is 708. The van der Waals surface area contributed by atoms with Gasteiger partial charge >= 0.3 is 0 Å². The molecule has 1 heterocycles. The van der Waals surface area contributed by atoms with Crippen LogP contribution < -0.4 is 10.1 Å². The van der Waals surface area contributed by atoms with E-state index >= 15 is 0 Å². The fourth-order valence-corrected chi connectivity index (χ4v) is 3.35. The normalized spacial score (nSPS) is 15.1. The number of nitrogens with zero attached hydrogens (tertiary/aromatic N) is 1. The third-order valence-corrected chi connectivity index (χ3v) is 5.06. The Balaban J connectivity index is 1.41. The van der Waals surface area contributed by atoms with E-state index in [4.69, 9.17) is 16.3 Å². The van der Waals surface area contributed by atoms with Crippen LogP contribution in [-0.4, -0.2) is 30.4 Å². The van der Waals surface area contributed by atoms with Crippen molar-refractivity contribution in [2.24, 2.45) is 0 Å². The SMILES string of the molecule is O=C(CCN1CCCCCC1)Nc1ccc(OCc2ccc(Cl)cc2)cc1. The Morgan fingerprint density at radius 2 is 1.63 bits per heavy atom. The van der Waals surface area contributed by atoms with Crippen LogP contribution in [-0.2, 0) is 11.4 Å². The molecule has 0 radical (unpaired) electrons. The van der Waals surface area contributed by atoms with Gasteiger partial charge in [0, 0.05) is 23.7 Å². The average Bonchev–Trinajstić information content (AvgIpc) is 2.96. The van der Waals surface area contributed by atoms with E-state index in [0.29, 0.717) is 13.0 Å². The van der Waals surface area contributed by atoms with Crippen LogP contribution in [0.5, 0.6) is 5.75 Å². The Kier molecular flexibility index (Phi) is 7.55. The standard InChI is InChI=1S/C22H27ClN2O2/c23-19-7-5-18(6-8-19)17-27-21-11-9-20(10-12-21)24-22(26)13-16-25-14-3-1-2-4-15-25/h5-12H,1-4,13-17H2,(H,24,26). The maximum atomic E-state index is 12.2. The molecule has 3 rings (SSSR count). The molecule has 0 atom stereocenters. The summed E-state index contributed by atoms with van der Waals surface area (Å²) in [7, 11) is 0. The molecule has 2 aromatic rings. The maximum absolute atomic E-state index is 12.2. The van der Waals surface area contributed by atoms with Crippen LogP contribution in [0.4, 0.5) is 5.69 Å². The van der Waals surface area contributed by atoms with Crippen LogP contribution in [0.3, 0.4) is 0 Å². The van der Waals surface area contributed by atoms with Crippen molar-refractivity contribution in [1.82, 2.24) is 4.90 Å². The lowest BCUT2D eigenvalue weighted by molar-refractivity contribution is -0.116. The number of rotatable bonds is 7. The first kappa shape index (κ1) is 19.7. The van der Waals surface area contributed by atoms with E-state index in [0.717, 1.165) is 41.7 Å². The molecule has 0 spiro atoms. The Morgan fingerprint density at radius 1 is 0.963 bits per heavy atom. The van der Waals surface area contributed by atoms with Crippen LogP contribution in [0.1, 0.15) is 37.7 Å². The second kappa shape index (κ2) is 10.3. The predicted octanol–water partition coefficient (Wildman–Crippen LogP) is 5.12. The number of likely N-dealkylation sites (tertiary alicyclic amines) is 1. The second-order valence-electron chi connectivity index (χ2n) is 6.99. The van der Waals surface area contributed by atoms with Gasteiger partial charge in [0.1, 0.15) is 12.4 Å². The Morgan fingerprint density at radius 3 is 2.30 bits per heavy atom. The van der Waals surface area contributed by atoms with Gasteiger partial charge in [0.2, 0.25) is 5.91 Å². The van der Waals surface area contributed by atoms with Gasteiger partial charge in [-0.05, 0) is 67.9 Å². The molecule has 144 valence electrons. The van der Waals surface area contributed by atoms with Crippen LogP contribution in [0.25, 0.3) is 0 Å². The fourth-order valence-electron chi connectivity index (χ4n) is 3.22. The molecule has 0 bridgehead atoms. The summed E-state index contributed by atoms with van der Waals surface area (Å²) in [4.78, 5) is 14.6. The summed E-state index contributed by atoms with van der Waals surface area (Å²) >= 11 is 5.88. The third kappa shape index (κ3) is 6.89. The molecule has 0 unspecified atom stereocenters. The quantitative estimate of drug-likeness (QED) is 0.717. The van der Waals surface area contributed by atoms with Crippen LogP contribution in [0, 0.1) is 0 Å². The minimum atomic E-state index is 0.0640. The van der Waals surface area contributed by atoms with Crippen molar-refractivity contribution >= 4 is 23.2 Å². The molecular formula is C22H27ClN2O2. The molecule has 27 heavy (non-hydrogen) atoms. The summed E-state index contributed by atoms with van der Waals surface area (Å²) in [5.74, 6) is 0.835. The van der Waals surface area contributed by atoms with Gasteiger partial charge < -0.3 is 15.0 Å². The number of halogens is 1. The monoisotopic (exact) mass is 386 g/mol. The van der Waals surface area contributed by atoms with Crippen LogP contribution >= 0.6 is 11.6 Å². The Labute approximate surface area is 166 Å². The first-order valence-electron chi connectivity index (χ1n) is 9.68. The molecule has 4 nitrogen and oxygen atoms in total. The van der Waals surface area contributed by atoms with Gasteiger partial charge in [0.05, 0.1) is 0 Å². The summed E-state index contributed by atoms with van der Waals surface area (Å²) in [6.45, 7) is 3.56. The van der Waals surface area contributed by atoms with Crippen molar-refractivity contribution in [3.63, 3.8) is 0 Å². The van der Waals surface area contributed by atoms with Crippen molar-refractivity contribution in [3.8, 4) is 5.75 Å². The molecule has 0 saturated carbocycles. The lowest BCUT2D eigenvalue weighted by Crippen LogP contribution is -2.28. The number of hydrogen-bond donors (Lipinski definition) is 1. The van der Waals surface area contributed by atoms with Crippen molar-refractivity contribution in [2.75, 3.05) is 25.0 Å². The van der Waals surface area contributed by atoms with Gasteiger partial charge in [-0.2, -0.15) is 0 Å². The van der Waals surface area contributed by atoms with Gasteiger partial charge in [-0.1, -0.05) is 36.6 Å². The van der Waals surface area contributed by atoms with E-state index < -0.39 is 0 Å². The summed E-state index contributed by atoms with van der Waals surface area (Å²) in [5.41, 5.74) is 1.86. The topological polar surface area (TPSA) is 41.6 Å². The predicted molar refractivity (Wildman–Crippen MR) is 110 cm³/mol. The molecule has 1 amide bonds. The van der Waals surface area contributed by atoms with E-state index in [-0.39, 0.29) is 5.91 Å². The zero-order valence-corrected chi connectivity index (χ0v) is 16.4. The minimum absolute atomic E-state index is 0.0640.